The Hall–Kier alpha value is -3.84. The quantitative estimate of drug-likeness (QED) is 0.426. The molecule has 1 amide bonds. The van der Waals surface area contributed by atoms with Gasteiger partial charge < -0.3 is 5.32 Å². The van der Waals surface area contributed by atoms with Crippen LogP contribution < -0.4 is 15.6 Å². The van der Waals surface area contributed by atoms with Crippen LogP contribution in [0.15, 0.2) is 76.1 Å². The van der Waals surface area contributed by atoms with Crippen molar-refractivity contribution >= 4 is 38.1 Å². The second-order valence-corrected chi connectivity index (χ2v) is 8.73. The number of carbonyl (C=O) groups is 1. The van der Waals surface area contributed by atoms with E-state index >= 15 is 0 Å². The lowest BCUT2D eigenvalue weighted by atomic mass is 10.3. The van der Waals surface area contributed by atoms with Crippen LogP contribution in [0.4, 0.5) is 10.8 Å². The molecule has 158 valence electrons. The van der Waals surface area contributed by atoms with Gasteiger partial charge in [-0.2, -0.15) is 5.10 Å². The van der Waals surface area contributed by atoms with E-state index in [2.05, 4.69) is 25.2 Å². The Labute approximate surface area is 180 Å². The van der Waals surface area contributed by atoms with Crippen LogP contribution in [0.25, 0.3) is 5.82 Å². The van der Waals surface area contributed by atoms with E-state index in [9.17, 15) is 18.0 Å². The van der Waals surface area contributed by atoms with E-state index < -0.39 is 21.5 Å². The van der Waals surface area contributed by atoms with Crippen LogP contribution in [0.5, 0.6) is 0 Å². The van der Waals surface area contributed by atoms with Crippen molar-refractivity contribution in [2.24, 2.45) is 0 Å². The number of thiazole rings is 1. The molecule has 13 heteroatoms. The second kappa shape index (κ2) is 8.49. The summed E-state index contributed by atoms with van der Waals surface area (Å²) < 4.78 is 29.6. The maximum absolute atomic E-state index is 12.4. The third-order valence-electron chi connectivity index (χ3n) is 3.99. The van der Waals surface area contributed by atoms with E-state index in [1.807, 2.05) is 0 Å². The highest BCUT2D eigenvalue weighted by atomic mass is 32.2. The summed E-state index contributed by atoms with van der Waals surface area (Å²) in [6, 6.07) is 10.1. The summed E-state index contributed by atoms with van der Waals surface area (Å²) in [5, 5.41) is 12.7. The average Bonchev–Trinajstić information content (AvgIpc) is 3.44. The van der Waals surface area contributed by atoms with Crippen LogP contribution in [0, 0.1) is 0 Å². The fourth-order valence-electron chi connectivity index (χ4n) is 2.58. The number of sulfonamides is 1. The lowest BCUT2D eigenvalue weighted by Crippen LogP contribution is -2.30. The molecule has 0 aliphatic heterocycles. The molecule has 0 radical (unpaired) electrons. The third kappa shape index (κ3) is 4.84. The number of hydrogen-bond donors (Lipinski definition) is 2. The van der Waals surface area contributed by atoms with Crippen LogP contribution in [0.1, 0.15) is 0 Å². The molecule has 0 spiro atoms. The van der Waals surface area contributed by atoms with Gasteiger partial charge in [0.25, 0.3) is 15.6 Å². The molecule has 0 saturated heterocycles. The van der Waals surface area contributed by atoms with Crippen LogP contribution in [0.2, 0.25) is 0 Å². The highest BCUT2D eigenvalue weighted by Gasteiger charge is 2.16. The average molecular weight is 457 g/mol. The molecule has 4 aromatic rings. The summed E-state index contributed by atoms with van der Waals surface area (Å²) in [6.45, 7) is -0.320. The Morgan fingerprint density at radius 1 is 1.10 bits per heavy atom. The van der Waals surface area contributed by atoms with Gasteiger partial charge in [-0.15, -0.1) is 16.4 Å². The van der Waals surface area contributed by atoms with Crippen molar-refractivity contribution in [3.8, 4) is 5.82 Å². The molecule has 0 unspecified atom stereocenters. The van der Waals surface area contributed by atoms with E-state index in [1.165, 1.54) is 47.3 Å². The monoisotopic (exact) mass is 457 g/mol. The molecule has 31 heavy (non-hydrogen) atoms. The van der Waals surface area contributed by atoms with Gasteiger partial charge in [0.05, 0.1) is 4.90 Å². The minimum absolute atomic E-state index is 0.0190. The summed E-state index contributed by atoms with van der Waals surface area (Å²) in [4.78, 5) is 28.3. The van der Waals surface area contributed by atoms with Gasteiger partial charge in [-0.25, -0.2) is 22.8 Å². The van der Waals surface area contributed by atoms with Crippen LogP contribution >= 0.6 is 11.3 Å². The molecule has 0 bridgehead atoms. The van der Waals surface area contributed by atoms with Gasteiger partial charge in [0.1, 0.15) is 6.54 Å². The molecule has 0 aliphatic rings. The molecule has 4 rings (SSSR count). The Bertz CT molecular complexity index is 1350. The normalized spacial score (nSPS) is 11.2. The van der Waals surface area contributed by atoms with Crippen LogP contribution in [0.3, 0.4) is 0 Å². The van der Waals surface area contributed by atoms with Crippen molar-refractivity contribution < 1.29 is 13.2 Å². The molecule has 0 aliphatic carbocycles. The number of nitrogens with one attached hydrogen (secondary N) is 2. The van der Waals surface area contributed by atoms with Gasteiger partial charge in [-0.3, -0.25) is 14.3 Å². The summed E-state index contributed by atoms with van der Waals surface area (Å²) >= 11 is 1.16. The predicted molar refractivity (Wildman–Crippen MR) is 114 cm³/mol. The largest absolute Gasteiger partial charge is 0.324 e. The molecule has 3 heterocycles. The smallest absolute Gasteiger partial charge is 0.267 e. The number of rotatable bonds is 7. The van der Waals surface area contributed by atoms with Gasteiger partial charge >= 0.3 is 0 Å². The highest BCUT2D eigenvalue weighted by Crippen LogP contribution is 2.19. The highest BCUT2D eigenvalue weighted by molar-refractivity contribution is 7.93. The first kappa shape index (κ1) is 20.4. The zero-order chi connectivity index (χ0) is 21.8. The predicted octanol–water partition coefficient (Wildman–Crippen LogP) is 1.32. The molecule has 2 N–H and O–H groups in total. The fourth-order valence-corrected chi connectivity index (χ4v) is 4.37. The lowest BCUT2D eigenvalue weighted by Gasteiger charge is -2.09. The van der Waals surface area contributed by atoms with Crippen LogP contribution in [-0.4, -0.2) is 38.9 Å². The zero-order valence-electron chi connectivity index (χ0n) is 15.7. The van der Waals surface area contributed by atoms with Gasteiger partial charge in [0, 0.05) is 35.7 Å². The van der Waals surface area contributed by atoms with Crippen LogP contribution in [-0.2, 0) is 21.4 Å². The number of carbonyl (C=O) groups excluding carboxylic acids is 1. The zero-order valence-corrected chi connectivity index (χ0v) is 17.4. The van der Waals surface area contributed by atoms with Crippen molar-refractivity contribution in [3.63, 3.8) is 0 Å². The number of hydrogen-bond acceptors (Lipinski definition) is 8. The SMILES string of the molecule is O=C(Cn1nc(-n2cccn2)ccc1=O)Nc1ccc(S(=O)(=O)Nc2nccs2)cc1. The number of benzene rings is 1. The number of anilines is 2. The van der Waals surface area contributed by atoms with E-state index in [-0.39, 0.29) is 16.6 Å². The third-order valence-corrected chi connectivity index (χ3v) is 6.16. The topological polar surface area (TPSA) is 141 Å². The molecule has 0 atom stereocenters. The van der Waals surface area contributed by atoms with Gasteiger partial charge in [-0.1, -0.05) is 0 Å². The Balaban J connectivity index is 1.44. The van der Waals surface area contributed by atoms with Crippen molar-refractivity contribution in [2.45, 2.75) is 11.4 Å². The molecule has 1 aromatic carbocycles. The maximum Gasteiger partial charge on any atom is 0.267 e. The maximum atomic E-state index is 12.4. The molecular formula is C18H15N7O4S2. The standard InChI is InChI=1S/C18H15N7O4S2/c26-16(12-25-17(27)7-6-15(22-25)24-10-1-8-20-24)21-13-2-4-14(5-3-13)31(28,29)23-18-19-9-11-30-18/h1-11H,12H2,(H,19,23)(H,21,26). The summed E-state index contributed by atoms with van der Waals surface area (Å²) in [5.41, 5.74) is -0.0739. The fraction of sp³-hybridized carbons (Fsp3) is 0.0556. The van der Waals surface area contributed by atoms with Crippen molar-refractivity contribution in [2.75, 3.05) is 10.0 Å². The first-order valence-electron chi connectivity index (χ1n) is 8.81. The Kier molecular flexibility index (Phi) is 5.60. The lowest BCUT2D eigenvalue weighted by molar-refractivity contribution is -0.117. The summed E-state index contributed by atoms with van der Waals surface area (Å²) in [6.07, 6.45) is 4.72. The van der Waals surface area contributed by atoms with Crippen molar-refractivity contribution in [1.29, 1.82) is 0 Å². The van der Waals surface area contributed by atoms with E-state index in [1.54, 1.807) is 23.8 Å². The minimum atomic E-state index is -3.79. The van der Waals surface area contributed by atoms with Crippen molar-refractivity contribution in [3.05, 3.63) is 76.8 Å². The molecule has 11 nitrogen and oxygen atoms in total. The van der Waals surface area contributed by atoms with E-state index in [0.717, 1.165) is 16.0 Å². The summed E-state index contributed by atoms with van der Waals surface area (Å²) in [5.74, 6) is -0.108. The van der Waals surface area contributed by atoms with E-state index in [4.69, 9.17) is 0 Å². The number of amides is 1. The molecule has 3 aromatic heterocycles. The van der Waals surface area contributed by atoms with Gasteiger partial charge in [0.15, 0.2) is 10.9 Å². The second-order valence-electron chi connectivity index (χ2n) is 6.15. The van der Waals surface area contributed by atoms with Gasteiger partial charge in [0.2, 0.25) is 5.91 Å². The van der Waals surface area contributed by atoms with Crippen molar-refractivity contribution in [1.82, 2.24) is 24.5 Å². The number of nitrogens with zero attached hydrogens (tertiary/aromatic N) is 5. The molecule has 0 saturated carbocycles. The van der Waals surface area contributed by atoms with E-state index in [0.29, 0.717) is 11.5 Å². The summed E-state index contributed by atoms with van der Waals surface area (Å²) in [7, 11) is -3.79. The first-order chi connectivity index (χ1) is 14.9. The molecule has 0 fully saturated rings. The minimum Gasteiger partial charge on any atom is -0.324 e. The Morgan fingerprint density at radius 2 is 1.90 bits per heavy atom. The van der Waals surface area contributed by atoms with Gasteiger partial charge in [-0.05, 0) is 36.4 Å². The molecular weight excluding hydrogens is 442 g/mol. The first-order valence-corrected chi connectivity index (χ1v) is 11.2. The Morgan fingerprint density at radius 3 is 2.58 bits per heavy atom. The number of aromatic nitrogens is 5.